The van der Waals surface area contributed by atoms with E-state index < -0.39 is 11.9 Å². The Bertz CT molecular complexity index is 685. The molecule has 25 heavy (non-hydrogen) atoms. The molecule has 3 aromatic carbocycles. The van der Waals surface area contributed by atoms with Gasteiger partial charge >= 0.3 is 23.1 Å². The first-order valence-corrected chi connectivity index (χ1v) is 7.20. The molecule has 5 heteroatoms. The van der Waals surface area contributed by atoms with Crippen LogP contribution in [-0.4, -0.2) is 35.3 Å². The van der Waals surface area contributed by atoms with Crippen molar-refractivity contribution in [2.45, 2.75) is 6.10 Å². The molecule has 2 nitrogen and oxygen atoms in total. The third-order valence-corrected chi connectivity index (χ3v) is 3.22. The second-order valence-corrected chi connectivity index (χ2v) is 4.78. The van der Waals surface area contributed by atoms with Gasteiger partial charge in [-0.2, -0.15) is 36.4 Å². The Morgan fingerprint density at radius 3 is 2.04 bits per heavy atom. The molecule has 0 radical (unpaired) electrons. The van der Waals surface area contributed by atoms with Crippen molar-refractivity contribution in [1.29, 1.82) is 0 Å². The van der Waals surface area contributed by atoms with Gasteiger partial charge in [-0.3, -0.25) is 0 Å². The average Bonchev–Trinajstić information content (AvgIpc) is 2.64. The van der Waals surface area contributed by atoms with Gasteiger partial charge in [0.2, 0.25) is 0 Å². The van der Waals surface area contributed by atoms with E-state index in [0.29, 0.717) is 11.3 Å². The molecular formula is C20H18BrFMgO2. The number of benzene rings is 3. The first-order valence-electron chi connectivity index (χ1n) is 7.20. The molecule has 126 valence electrons. The molecule has 0 amide bonds. The van der Waals surface area contributed by atoms with Crippen LogP contribution < -0.4 is 21.7 Å². The molecule has 0 saturated heterocycles. The zero-order chi connectivity index (χ0) is 16.5. The summed E-state index contributed by atoms with van der Waals surface area (Å²) in [6.07, 6.45) is -0.980. The summed E-state index contributed by atoms with van der Waals surface area (Å²) in [5.41, 5.74) is 0.871. The van der Waals surface area contributed by atoms with Crippen molar-refractivity contribution in [2.24, 2.45) is 0 Å². The van der Waals surface area contributed by atoms with Gasteiger partial charge in [-0.1, -0.05) is 30.3 Å². The van der Waals surface area contributed by atoms with Crippen LogP contribution in [0.4, 0.5) is 4.39 Å². The summed E-state index contributed by atoms with van der Waals surface area (Å²) in [5.74, 6) is 0.0820. The monoisotopic (exact) mass is 412 g/mol. The van der Waals surface area contributed by atoms with E-state index in [1.165, 1.54) is 25.3 Å². The maximum atomic E-state index is 13.6. The Morgan fingerprint density at radius 2 is 1.56 bits per heavy atom. The van der Waals surface area contributed by atoms with Gasteiger partial charge in [0.15, 0.2) is 0 Å². The number of rotatable bonds is 3. The van der Waals surface area contributed by atoms with Crippen LogP contribution in [0.5, 0.6) is 5.75 Å². The fraction of sp³-hybridized carbons (Fsp3) is 0.100. The van der Waals surface area contributed by atoms with E-state index in [1.54, 1.807) is 24.3 Å². The third-order valence-electron chi connectivity index (χ3n) is 3.22. The Labute approximate surface area is 174 Å². The fourth-order valence-electron chi connectivity index (χ4n) is 2.02. The second-order valence-electron chi connectivity index (χ2n) is 4.78. The molecule has 0 aromatic heterocycles. The van der Waals surface area contributed by atoms with E-state index >= 15 is 0 Å². The fourth-order valence-corrected chi connectivity index (χ4v) is 2.02. The van der Waals surface area contributed by atoms with Crippen LogP contribution in [0.2, 0.25) is 0 Å². The molecule has 3 rings (SSSR count). The molecule has 1 N–H and O–H groups in total. The normalized spacial score (nSPS) is 10.2. The van der Waals surface area contributed by atoms with Crippen molar-refractivity contribution in [3.05, 3.63) is 102 Å². The largest absolute Gasteiger partial charge is 2.00 e. The van der Waals surface area contributed by atoms with Crippen LogP contribution in [0.1, 0.15) is 17.2 Å². The molecule has 1 unspecified atom stereocenters. The van der Waals surface area contributed by atoms with Gasteiger partial charge in [-0.15, -0.1) is 0 Å². The van der Waals surface area contributed by atoms with Crippen LogP contribution >= 0.6 is 0 Å². The molecule has 0 heterocycles. The van der Waals surface area contributed by atoms with Crippen LogP contribution in [0.15, 0.2) is 78.9 Å². The summed E-state index contributed by atoms with van der Waals surface area (Å²) < 4.78 is 18.6. The molecule has 0 bridgehead atoms. The molecule has 0 saturated carbocycles. The summed E-state index contributed by atoms with van der Waals surface area (Å²) in [5, 5.41) is 10.1. The quantitative estimate of drug-likeness (QED) is 0.513. The predicted molar refractivity (Wildman–Crippen MR) is 94.5 cm³/mol. The zero-order valence-corrected chi connectivity index (χ0v) is 16.9. The van der Waals surface area contributed by atoms with E-state index in [1.807, 2.05) is 36.4 Å². The molecule has 0 aliphatic carbocycles. The number of aliphatic hydroxyl groups excluding tert-OH is 1. The van der Waals surface area contributed by atoms with E-state index in [0.717, 1.165) is 0 Å². The molecule has 0 aliphatic rings. The second kappa shape index (κ2) is 12.9. The maximum Gasteiger partial charge on any atom is 2.00 e. The van der Waals surface area contributed by atoms with Crippen LogP contribution in [0.3, 0.4) is 0 Å². The van der Waals surface area contributed by atoms with E-state index in [2.05, 4.69) is 6.07 Å². The minimum absolute atomic E-state index is 0. The van der Waals surface area contributed by atoms with E-state index in [9.17, 15) is 9.50 Å². The van der Waals surface area contributed by atoms with Crippen LogP contribution in [0, 0.1) is 11.9 Å². The summed E-state index contributed by atoms with van der Waals surface area (Å²) in [7, 11) is 1.51. The number of hydrogen-bond acceptors (Lipinski definition) is 2. The zero-order valence-electron chi connectivity index (χ0n) is 13.9. The molecule has 3 aromatic rings. The Balaban J connectivity index is 0.000000616. The van der Waals surface area contributed by atoms with Crippen LogP contribution in [-0.2, 0) is 0 Å². The van der Waals surface area contributed by atoms with Crippen molar-refractivity contribution in [1.82, 2.24) is 0 Å². The van der Waals surface area contributed by atoms with Gasteiger partial charge in [0.05, 0.1) is 7.11 Å². The van der Waals surface area contributed by atoms with E-state index in [-0.39, 0.29) is 45.6 Å². The third kappa shape index (κ3) is 7.56. The molecular weight excluding hydrogens is 395 g/mol. The predicted octanol–water partition coefficient (Wildman–Crippen LogP) is 1.03. The molecule has 1 atom stereocenters. The topological polar surface area (TPSA) is 29.5 Å². The summed E-state index contributed by atoms with van der Waals surface area (Å²) >= 11 is 0. The minimum Gasteiger partial charge on any atom is -1.00 e. The average molecular weight is 414 g/mol. The van der Waals surface area contributed by atoms with Gasteiger partial charge in [0.1, 0.15) is 17.7 Å². The van der Waals surface area contributed by atoms with Gasteiger partial charge < -0.3 is 26.8 Å². The van der Waals surface area contributed by atoms with Gasteiger partial charge in [-0.25, -0.2) is 4.39 Å². The molecule has 0 fully saturated rings. The first-order chi connectivity index (χ1) is 11.2. The van der Waals surface area contributed by atoms with Crippen molar-refractivity contribution < 1.29 is 31.2 Å². The standard InChI is InChI=1S/C14H13FO2.C6H5.BrH.Mg/c1-17-11-7-8-13(15)12(9-11)14(16)10-5-3-2-4-6-10;1-2-4-6-5-3-1;;/h2-9,14,16H,1H3;1-5H;1H;/q;-1;;+2/p-1. The van der Waals surface area contributed by atoms with Crippen molar-refractivity contribution in [3.8, 4) is 5.75 Å². The maximum absolute atomic E-state index is 13.6. The van der Waals surface area contributed by atoms with Gasteiger partial charge in [0.25, 0.3) is 0 Å². The van der Waals surface area contributed by atoms with Crippen molar-refractivity contribution in [2.75, 3.05) is 7.11 Å². The number of halogens is 2. The molecule has 0 aliphatic heterocycles. The smallest absolute Gasteiger partial charge is 1.00 e. The van der Waals surface area contributed by atoms with Crippen molar-refractivity contribution in [3.63, 3.8) is 0 Å². The number of methoxy groups -OCH3 is 1. The number of hydrogen-bond donors (Lipinski definition) is 1. The molecule has 0 spiro atoms. The first kappa shape index (κ1) is 23.6. The Hall–Kier alpha value is -1.40. The van der Waals surface area contributed by atoms with Gasteiger partial charge in [-0.05, 0) is 23.8 Å². The number of ether oxygens (including phenoxy) is 1. The summed E-state index contributed by atoms with van der Waals surface area (Å²) in [6.45, 7) is 0. The Kier molecular flexibility index (Phi) is 12.2. The Morgan fingerprint density at radius 1 is 0.960 bits per heavy atom. The summed E-state index contributed by atoms with van der Waals surface area (Å²) in [4.78, 5) is 0. The SMILES string of the molecule is COc1ccc(F)c(C(O)c2ccccc2)c1.[Br-].[Mg+2].[c-]1ccccc1. The van der Waals surface area contributed by atoms with E-state index in [4.69, 9.17) is 4.74 Å². The van der Waals surface area contributed by atoms with Crippen LogP contribution in [0.25, 0.3) is 0 Å². The summed E-state index contributed by atoms with van der Waals surface area (Å²) in [6, 6.07) is 25.8. The number of aliphatic hydroxyl groups is 1. The van der Waals surface area contributed by atoms with Crippen molar-refractivity contribution >= 4 is 23.1 Å². The van der Waals surface area contributed by atoms with Gasteiger partial charge in [0, 0.05) is 5.56 Å². The minimum atomic E-state index is -0.980.